The van der Waals surface area contributed by atoms with Crippen LogP contribution in [-0.2, 0) is 0 Å². The summed E-state index contributed by atoms with van der Waals surface area (Å²) in [6.45, 7) is 0.915. The average molecular weight is 108 g/mol. The van der Waals surface area contributed by atoms with Gasteiger partial charge in [-0.3, -0.25) is 4.99 Å². The van der Waals surface area contributed by atoms with Crippen LogP contribution < -0.4 is 0 Å². The molecule has 1 rings (SSSR count). The van der Waals surface area contributed by atoms with Crippen LogP contribution in [0.3, 0.4) is 0 Å². The van der Waals surface area contributed by atoms with E-state index in [2.05, 4.69) is 11.1 Å². The minimum absolute atomic E-state index is 0.101. The first-order chi connectivity index (χ1) is 3.93. The molecular formula is C6H8N2. The van der Waals surface area contributed by atoms with Gasteiger partial charge in [0.2, 0.25) is 0 Å². The zero-order valence-electron chi connectivity index (χ0n) is 4.67. The van der Waals surface area contributed by atoms with Crippen LogP contribution in [0.5, 0.6) is 0 Å². The Morgan fingerprint density at radius 1 is 1.75 bits per heavy atom. The minimum atomic E-state index is 0.101. The van der Waals surface area contributed by atoms with Crippen molar-refractivity contribution in [1.82, 2.24) is 0 Å². The van der Waals surface area contributed by atoms with Crippen molar-refractivity contribution in [1.29, 1.82) is 5.26 Å². The van der Waals surface area contributed by atoms with E-state index in [9.17, 15) is 0 Å². The van der Waals surface area contributed by atoms with Gasteiger partial charge in [-0.1, -0.05) is 0 Å². The van der Waals surface area contributed by atoms with Gasteiger partial charge in [-0.25, -0.2) is 0 Å². The van der Waals surface area contributed by atoms with E-state index in [0.29, 0.717) is 0 Å². The third-order valence-electron chi connectivity index (χ3n) is 1.25. The second-order valence-electron chi connectivity index (χ2n) is 1.93. The van der Waals surface area contributed by atoms with Gasteiger partial charge in [0.05, 0.1) is 12.0 Å². The van der Waals surface area contributed by atoms with Gasteiger partial charge in [0, 0.05) is 12.8 Å². The lowest BCUT2D eigenvalue weighted by molar-refractivity contribution is 0.672. The summed E-state index contributed by atoms with van der Waals surface area (Å²) in [5.41, 5.74) is 0. The quantitative estimate of drug-likeness (QED) is 0.456. The van der Waals surface area contributed by atoms with Crippen molar-refractivity contribution in [3.8, 4) is 6.07 Å². The lowest BCUT2D eigenvalue weighted by atomic mass is 10.0. The van der Waals surface area contributed by atoms with Crippen LogP contribution in [0.4, 0.5) is 0 Å². The van der Waals surface area contributed by atoms with Gasteiger partial charge in [0.1, 0.15) is 0 Å². The maximum Gasteiger partial charge on any atom is 0.0811 e. The molecule has 42 valence electrons. The molecule has 1 aliphatic rings. The molecular weight excluding hydrogens is 100 g/mol. The Balaban J connectivity index is 2.46. The predicted molar refractivity (Wildman–Crippen MR) is 31.7 cm³/mol. The fraction of sp³-hybridized carbons (Fsp3) is 0.667. The Bertz CT molecular complexity index is 132. The molecule has 0 amide bonds. The SMILES string of the molecule is N#CC1C=NCCC1. The zero-order chi connectivity index (χ0) is 5.82. The standard InChI is InChI=1S/C6H8N2/c7-4-6-2-1-3-8-5-6/h5-6H,1-3H2. The molecule has 0 saturated carbocycles. The van der Waals surface area contributed by atoms with Crippen LogP contribution in [-0.4, -0.2) is 12.8 Å². The maximum absolute atomic E-state index is 8.35. The maximum atomic E-state index is 8.35. The van der Waals surface area contributed by atoms with Crippen molar-refractivity contribution in [3.05, 3.63) is 0 Å². The molecule has 1 aliphatic heterocycles. The number of nitriles is 1. The highest BCUT2D eigenvalue weighted by atomic mass is 14.7. The third-order valence-corrected chi connectivity index (χ3v) is 1.25. The van der Waals surface area contributed by atoms with Gasteiger partial charge in [0.15, 0.2) is 0 Å². The van der Waals surface area contributed by atoms with Gasteiger partial charge in [-0.2, -0.15) is 5.26 Å². The van der Waals surface area contributed by atoms with Crippen LogP contribution in [0.2, 0.25) is 0 Å². The van der Waals surface area contributed by atoms with E-state index in [4.69, 9.17) is 5.26 Å². The van der Waals surface area contributed by atoms with Crippen LogP contribution in [0.1, 0.15) is 12.8 Å². The van der Waals surface area contributed by atoms with Crippen molar-refractivity contribution >= 4 is 6.21 Å². The highest BCUT2D eigenvalue weighted by Gasteiger charge is 2.05. The largest absolute Gasteiger partial charge is 0.296 e. The molecule has 1 atom stereocenters. The molecule has 2 nitrogen and oxygen atoms in total. The van der Waals surface area contributed by atoms with Gasteiger partial charge in [-0.15, -0.1) is 0 Å². The van der Waals surface area contributed by atoms with E-state index in [1.54, 1.807) is 6.21 Å². The fourth-order valence-electron chi connectivity index (χ4n) is 0.777. The monoisotopic (exact) mass is 108 g/mol. The van der Waals surface area contributed by atoms with Gasteiger partial charge in [-0.05, 0) is 12.8 Å². The summed E-state index contributed by atoms with van der Waals surface area (Å²) in [4.78, 5) is 3.98. The average Bonchev–Trinajstić information content (AvgIpc) is 1.90. The normalized spacial score (nSPS) is 27.1. The molecule has 0 fully saturated rings. The molecule has 1 heterocycles. The fourth-order valence-corrected chi connectivity index (χ4v) is 0.777. The van der Waals surface area contributed by atoms with E-state index in [-0.39, 0.29) is 5.92 Å². The Morgan fingerprint density at radius 2 is 2.62 bits per heavy atom. The van der Waals surface area contributed by atoms with Crippen molar-refractivity contribution < 1.29 is 0 Å². The molecule has 0 aliphatic carbocycles. The van der Waals surface area contributed by atoms with E-state index in [0.717, 1.165) is 19.4 Å². The number of hydrogen-bond acceptors (Lipinski definition) is 2. The lowest BCUT2D eigenvalue weighted by Gasteiger charge is -2.05. The highest BCUT2D eigenvalue weighted by Crippen LogP contribution is 2.06. The molecule has 8 heavy (non-hydrogen) atoms. The summed E-state index contributed by atoms with van der Waals surface area (Å²) >= 11 is 0. The van der Waals surface area contributed by atoms with Gasteiger partial charge >= 0.3 is 0 Å². The van der Waals surface area contributed by atoms with Crippen LogP contribution in [0, 0.1) is 17.2 Å². The summed E-state index contributed by atoms with van der Waals surface area (Å²) in [7, 11) is 0. The summed E-state index contributed by atoms with van der Waals surface area (Å²) in [5, 5.41) is 8.35. The minimum Gasteiger partial charge on any atom is -0.296 e. The summed E-state index contributed by atoms with van der Waals surface area (Å²) < 4.78 is 0. The first kappa shape index (κ1) is 5.30. The first-order valence-corrected chi connectivity index (χ1v) is 2.83. The first-order valence-electron chi connectivity index (χ1n) is 2.83. The number of aliphatic imine (C=N–C) groups is 1. The molecule has 0 aromatic rings. The molecule has 0 aromatic carbocycles. The van der Waals surface area contributed by atoms with Crippen molar-refractivity contribution in [2.45, 2.75) is 12.8 Å². The van der Waals surface area contributed by atoms with Crippen molar-refractivity contribution in [2.24, 2.45) is 10.9 Å². The van der Waals surface area contributed by atoms with Gasteiger partial charge in [0.25, 0.3) is 0 Å². The van der Waals surface area contributed by atoms with E-state index < -0.39 is 0 Å². The highest BCUT2D eigenvalue weighted by molar-refractivity contribution is 5.64. The van der Waals surface area contributed by atoms with E-state index >= 15 is 0 Å². The van der Waals surface area contributed by atoms with Gasteiger partial charge < -0.3 is 0 Å². The van der Waals surface area contributed by atoms with E-state index in [1.165, 1.54) is 0 Å². The smallest absolute Gasteiger partial charge is 0.0811 e. The van der Waals surface area contributed by atoms with Crippen LogP contribution >= 0.6 is 0 Å². The molecule has 1 unspecified atom stereocenters. The topological polar surface area (TPSA) is 36.1 Å². The Kier molecular flexibility index (Phi) is 1.63. The lowest BCUT2D eigenvalue weighted by Crippen LogP contribution is -2.05. The van der Waals surface area contributed by atoms with Crippen LogP contribution in [0.15, 0.2) is 4.99 Å². The summed E-state index contributed by atoms with van der Waals surface area (Å²) in [6, 6.07) is 2.15. The van der Waals surface area contributed by atoms with E-state index in [1.807, 2.05) is 0 Å². The Hall–Kier alpha value is -0.840. The molecule has 0 N–H and O–H groups in total. The van der Waals surface area contributed by atoms with Crippen molar-refractivity contribution in [3.63, 3.8) is 0 Å². The molecule has 0 bridgehead atoms. The zero-order valence-corrected chi connectivity index (χ0v) is 4.67. The summed E-state index contributed by atoms with van der Waals surface area (Å²) in [5.74, 6) is 0.101. The second-order valence-corrected chi connectivity index (χ2v) is 1.93. The predicted octanol–water partition coefficient (Wildman–Crippen LogP) is 0.991. The molecule has 0 saturated heterocycles. The van der Waals surface area contributed by atoms with Crippen LogP contribution in [0.25, 0.3) is 0 Å². The Labute approximate surface area is 48.8 Å². The van der Waals surface area contributed by atoms with Crippen molar-refractivity contribution in [2.75, 3.05) is 6.54 Å². The Morgan fingerprint density at radius 3 is 3.00 bits per heavy atom. The molecule has 2 heteroatoms. The number of hydrogen-bond donors (Lipinski definition) is 0. The number of rotatable bonds is 0. The molecule has 0 spiro atoms. The third kappa shape index (κ3) is 1.06. The number of nitrogens with zero attached hydrogens (tertiary/aromatic N) is 2. The molecule has 0 aromatic heterocycles. The second kappa shape index (κ2) is 2.46. The summed E-state index contributed by atoms with van der Waals surface area (Å²) in [6.07, 6.45) is 3.83. The molecule has 0 radical (unpaired) electrons.